The van der Waals surface area contributed by atoms with Crippen molar-refractivity contribution >= 4 is 11.8 Å². The van der Waals surface area contributed by atoms with Gasteiger partial charge in [0.05, 0.1) is 0 Å². The van der Waals surface area contributed by atoms with Crippen LogP contribution in [0.15, 0.2) is 15.3 Å². The highest BCUT2D eigenvalue weighted by Gasteiger charge is 2.17. The molecule has 0 aromatic carbocycles. The van der Waals surface area contributed by atoms with Gasteiger partial charge in [0.1, 0.15) is 17.1 Å². The van der Waals surface area contributed by atoms with Crippen LogP contribution in [0.4, 0.5) is 0 Å². The molecule has 6 nitrogen and oxygen atoms in total. The average molecular weight is 296 g/mol. The molecule has 0 bridgehead atoms. The molecule has 0 aliphatic heterocycles. The van der Waals surface area contributed by atoms with Gasteiger partial charge in [-0.3, -0.25) is 9.59 Å². The summed E-state index contributed by atoms with van der Waals surface area (Å²) < 4.78 is 4.80. The minimum absolute atomic E-state index is 0.164. The number of carbonyl (C=O) groups is 2. The molecule has 0 unspecified atom stereocenters. The number of hydrogen-bond donors (Lipinski definition) is 2. The average Bonchev–Trinajstić information content (AvgIpc) is 2.35. The number of Topliss-reactive ketones (excluding diaryl/α,β-unsaturated/α-hetero) is 1. The van der Waals surface area contributed by atoms with Crippen molar-refractivity contribution in [2.24, 2.45) is 0 Å². The van der Waals surface area contributed by atoms with E-state index in [-0.39, 0.29) is 29.9 Å². The van der Waals surface area contributed by atoms with Gasteiger partial charge in [0.25, 0.3) is 0 Å². The molecule has 1 aromatic heterocycles. The largest absolute Gasteiger partial charge is 0.507 e. The number of carboxylic acids is 1. The van der Waals surface area contributed by atoms with Crippen LogP contribution in [-0.2, 0) is 4.79 Å². The maximum atomic E-state index is 11.9. The Morgan fingerprint density at radius 1 is 1.10 bits per heavy atom. The second-order valence-corrected chi connectivity index (χ2v) is 4.99. The Bertz CT molecular complexity index is 558. The molecule has 116 valence electrons. The van der Waals surface area contributed by atoms with Crippen LogP contribution in [0, 0.1) is 6.92 Å². The Morgan fingerprint density at radius 2 is 1.67 bits per heavy atom. The van der Waals surface area contributed by atoms with Crippen molar-refractivity contribution in [1.29, 1.82) is 0 Å². The highest BCUT2D eigenvalue weighted by Crippen LogP contribution is 2.17. The van der Waals surface area contributed by atoms with E-state index < -0.39 is 17.4 Å². The molecule has 0 atom stereocenters. The molecule has 21 heavy (non-hydrogen) atoms. The van der Waals surface area contributed by atoms with Crippen molar-refractivity contribution in [2.75, 3.05) is 0 Å². The number of ketones is 1. The summed E-state index contributed by atoms with van der Waals surface area (Å²) in [7, 11) is 0. The predicted molar refractivity (Wildman–Crippen MR) is 75.7 cm³/mol. The Kier molecular flexibility index (Phi) is 6.65. The molecule has 0 aliphatic rings. The summed E-state index contributed by atoms with van der Waals surface area (Å²) >= 11 is 0. The summed E-state index contributed by atoms with van der Waals surface area (Å²) in [6, 6.07) is 1.25. The van der Waals surface area contributed by atoms with E-state index in [0.717, 1.165) is 19.3 Å². The molecule has 0 saturated heterocycles. The van der Waals surface area contributed by atoms with E-state index in [1.807, 2.05) is 0 Å². The van der Waals surface area contributed by atoms with Crippen molar-refractivity contribution < 1.29 is 24.2 Å². The van der Waals surface area contributed by atoms with E-state index >= 15 is 0 Å². The first-order chi connectivity index (χ1) is 9.91. The molecule has 0 radical (unpaired) electrons. The summed E-state index contributed by atoms with van der Waals surface area (Å²) in [5.74, 6) is -1.30. The van der Waals surface area contributed by atoms with Gasteiger partial charge in [-0.15, -0.1) is 0 Å². The number of rotatable bonds is 9. The molecule has 0 amide bonds. The number of aryl methyl sites for hydroxylation is 1. The van der Waals surface area contributed by atoms with E-state index in [0.29, 0.717) is 12.8 Å². The molecular formula is C15H20O6. The number of hydrogen-bond acceptors (Lipinski definition) is 5. The van der Waals surface area contributed by atoms with Gasteiger partial charge in [-0.05, 0) is 19.8 Å². The van der Waals surface area contributed by atoms with Gasteiger partial charge in [-0.2, -0.15) is 0 Å². The third-order valence-electron chi connectivity index (χ3n) is 3.13. The number of unbranched alkanes of at least 4 members (excludes halogenated alkanes) is 4. The summed E-state index contributed by atoms with van der Waals surface area (Å²) in [4.78, 5) is 33.7. The number of carboxylic acid groups (broad SMARTS) is 1. The SMILES string of the molecule is Cc1cc(O)c(C(=O)CCCCCCCC(=O)O)c(=O)o1. The fraction of sp³-hybridized carbons (Fsp3) is 0.533. The van der Waals surface area contributed by atoms with Gasteiger partial charge in [0.2, 0.25) is 0 Å². The van der Waals surface area contributed by atoms with E-state index in [1.54, 1.807) is 0 Å². The van der Waals surface area contributed by atoms with Crippen LogP contribution in [0.2, 0.25) is 0 Å². The lowest BCUT2D eigenvalue weighted by Gasteiger charge is -2.03. The van der Waals surface area contributed by atoms with Crippen molar-refractivity contribution in [3.63, 3.8) is 0 Å². The van der Waals surface area contributed by atoms with Crippen molar-refractivity contribution in [3.8, 4) is 5.75 Å². The van der Waals surface area contributed by atoms with E-state index in [9.17, 15) is 19.5 Å². The third kappa shape index (κ3) is 5.81. The minimum Gasteiger partial charge on any atom is -0.507 e. The number of aromatic hydroxyl groups is 1. The van der Waals surface area contributed by atoms with Crippen molar-refractivity contribution in [2.45, 2.75) is 51.9 Å². The van der Waals surface area contributed by atoms with Crippen LogP contribution in [0.1, 0.15) is 61.1 Å². The van der Waals surface area contributed by atoms with Gasteiger partial charge in [-0.1, -0.05) is 19.3 Å². The van der Waals surface area contributed by atoms with Crippen LogP contribution in [-0.4, -0.2) is 22.0 Å². The molecule has 1 heterocycles. The van der Waals surface area contributed by atoms with E-state index in [4.69, 9.17) is 9.52 Å². The van der Waals surface area contributed by atoms with Gasteiger partial charge < -0.3 is 14.6 Å². The molecule has 0 spiro atoms. The first kappa shape index (κ1) is 16.9. The lowest BCUT2D eigenvalue weighted by molar-refractivity contribution is -0.137. The molecular weight excluding hydrogens is 276 g/mol. The monoisotopic (exact) mass is 296 g/mol. The number of carbonyl (C=O) groups excluding carboxylic acids is 1. The van der Waals surface area contributed by atoms with E-state index in [2.05, 4.69) is 0 Å². The van der Waals surface area contributed by atoms with Gasteiger partial charge in [-0.25, -0.2) is 4.79 Å². The molecule has 2 N–H and O–H groups in total. The normalized spacial score (nSPS) is 10.5. The Labute approximate surface area is 122 Å². The molecule has 0 aliphatic carbocycles. The van der Waals surface area contributed by atoms with Gasteiger partial charge >= 0.3 is 11.6 Å². The molecule has 1 rings (SSSR count). The Balaban J connectivity index is 2.35. The second kappa shape index (κ2) is 8.24. The standard InChI is InChI=1S/C15H20O6/c1-10-9-12(17)14(15(20)21-10)11(16)7-5-3-2-4-6-8-13(18)19/h9,17H,2-8H2,1H3,(H,18,19). The van der Waals surface area contributed by atoms with Crippen LogP contribution < -0.4 is 5.63 Å². The Morgan fingerprint density at radius 3 is 2.24 bits per heavy atom. The van der Waals surface area contributed by atoms with Crippen molar-refractivity contribution in [1.82, 2.24) is 0 Å². The van der Waals surface area contributed by atoms with Crippen LogP contribution in [0.5, 0.6) is 5.75 Å². The quantitative estimate of drug-likeness (QED) is 0.536. The summed E-state index contributed by atoms with van der Waals surface area (Å²) in [5, 5.41) is 18.1. The van der Waals surface area contributed by atoms with Crippen molar-refractivity contribution in [3.05, 3.63) is 27.8 Å². The first-order valence-corrected chi connectivity index (χ1v) is 7.00. The van der Waals surface area contributed by atoms with E-state index in [1.165, 1.54) is 13.0 Å². The second-order valence-electron chi connectivity index (χ2n) is 4.99. The zero-order chi connectivity index (χ0) is 15.8. The summed E-state index contributed by atoms with van der Waals surface area (Å²) in [5.41, 5.74) is -1.09. The lowest BCUT2D eigenvalue weighted by Crippen LogP contribution is -2.14. The first-order valence-electron chi connectivity index (χ1n) is 7.00. The van der Waals surface area contributed by atoms with Gasteiger partial charge in [0.15, 0.2) is 5.78 Å². The predicted octanol–water partition coefficient (Wildman–Crippen LogP) is 2.65. The lowest BCUT2D eigenvalue weighted by atomic mass is 10.0. The Hall–Kier alpha value is -2.11. The van der Waals surface area contributed by atoms with Crippen LogP contribution >= 0.6 is 0 Å². The third-order valence-corrected chi connectivity index (χ3v) is 3.13. The topological polar surface area (TPSA) is 105 Å². The molecule has 0 saturated carbocycles. The maximum absolute atomic E-state index is 11.9. The number of aliphatic carboxylic acids is 1. The zero-order valence-corrected chi connectivity index (χ0v) is 12.1. The molecule has 6 heteroatoms. The molecule has 0 fully saturated rings. The highest BCUT2D eigenvalue weighted by molar-refractivity contribution is 5.97. The molecule has 1 aromatic rings. The minimum atomic E-state index is -0.807. The summed E-state index contributed by atoms with van der Waals surface area (Å²) in [6.07, 6.45) is 3.98. The fourth-order valence-electron chi connectivity index (χ4n) is 2.07. The zero-order valence-electron chi connectivity index (χ0n) is 12.1. The maximum Gasteiger partial charge on any atom is 0.350 e. The highest BCUT2D eigenvalue weighted by atomic mass is 16.4. The fourth-order valence-corrected chi connectivity index (χ4v) is 2.07. The summed E-state index contributed by atoms with van der Waals surface area (Å²) in [6.45, 7) is 1.52. The van der Waals surface area contributed by atoms with Gasteiger partial charge in [0, 0.05) is 18.9 Å². The van der Waals surface area contributed by atoms with Crippen LogP contribution in [0.25, 0.3) is 0 Å². The smallest absolute Gasteiger partial charge is 0.350 e. The van der Waals surface area contributed by atoms with Crippen LogP contribution in [0.3, 0.4) is 0 Å².